The second-order valence-corrected chi connectivity index (χ2v) is 2.20. The fraction of sp³-hybridized carbons (Fsp3) is 0.500. The molecule has 0 aromatic carbocycles. The van der Waals surface area contributed by atoms with Crippen LogP contribution in [0.5, 0.6) is 0 Å². The number of epoxide rings is 1. The molecule has 0 aromatic heterocycles. The van der Waals surface area contributed by atoms with Gasteiger partial charge in [0.1, 0.15) is 0 Å². The summed E-state index contributed by atoms with van der Waals surface area (Å²) in [6, 6.07) is 0. The molecular formula is C8H12O. The summed E-state index contributed by atoms with van der Waals surface area (Å²) in [5.74, 6) is 0. The Hall–Kier alpha value is -0.560. The molecule has 1 heteroatoms. The SMILES string of the molecule is C=CC=CCCC1CO1. The van der Waals surface area contributed by atoms with E-state index in [1.54, 1.807) is 6.08 Å². The summed E-state index contributed by atoms with van der Waals surface area (Å²) in [5, 5.41) is 0. The smallest absolute Gasteiger partial charge is 0.0812 e. The first-order valence-corrected chi connectivity index (χ1v) is 3.32. The van der Waals surface area contributed by atoms with E-state index < -0.39 is 0 Å². The van der Waals surface area contributed by atoms with Crippen molar-refractivity contribution in [2.24, 2.45) is 0 Å². The van der Waals surface area contributed by atoms with Gasteiger partial charge in [-0.2, -0.15) is 0 Å². The van der Waals surface area contributed by atoms with E-state index in [9.17, 15) is 0 Å². The minimum Gasteiger partial charge on any atom is -0.373 e. The van der Waals surface area contributed by atoms with Gasteiger partial charge in [-0.05, 0) is 12.8 Å². The molecule has 1 aliphatic heterocycles. The molecule has 1 aliphatic rings. The first-order chi connectivity index (χ1) is 4.43. The van der Waals surface area contributed by atoms with E-state index in [1.165, 1.54) is 6.42 Å². The highest BCUT2D eigenvalue weighted by Crippen LogP contribution is 2.15. The van der Waals surface area contributed by atoms with Crippen LogP contribution in [-0.2, 0) is 4.74 Å². The normalized spacial score (nSPS) is 24.7. The van der Waals surface area contributed by atoms with Crippen LogP contribution < -0.4 is 0 Å². The van der Waals surface area contributed by atoms with Gasteiger partial charge in [-0.15, -0.1) is 0 Å². The molecular weight excluding hydrogens is 112 g/mol. The summed E-state index contributed by atoms with van der Waals surface area (Å²) in [4.78, 5) is 0. The molecule has 50 valence electrons. The van der Waals surface area contributed by atoms with Crippen molar-refractivity contribution >= 4 is 0 Å². The fourth-order valence-corrected chi connectivity index (χ4v) is 0.709. The highest BCUT2D eigenvalue weighted by molar-refractivity contribution is 4.97. The molecule has 0 radical (unpaired) electrons. The van der Waals surface area contributed by atoms with Crippen LogP contribution in [-0.4, -0.2) is 12.7 Å². The molecule has 0 amide bonds. The zero-order valence-electron chi connectivity index (χ0n) is 5.55. The molecule has 1 fully saturated rings. The van der Waals surface area contributed by atoms with Crippen LogP contribution in [0, 0.1) is 0 Å². The van der Waals surface area contributed by atoms with Crippen molar-refractivity contribution < 1.29 is 4.74 Å². The van der Waals surface area contributed by atoms with Crippen LogP contribution in [0.25, 0.3) is 0 Å². The second-order valence-electron chi connectivity index (χ2n) is 2.20. The van der Waals surface area contributed by atoms with Gasteiger partial charge in [-0.1, -0.05) is 24.8 Å². The predicted octanol–water partition coefficient (Wildman–Crippen LogP) is 1.91. The Morgan fingerprint density at radius 3 is 3.00 bits per heavy atom. The van der Waals surface area contributed by atoms with Crippen LogP contribution in [0.1, 0.15) is 12.8 Å². The van der Waals surface area contributed by atoms with Crippen LogP contribution in [0.2, 0.25) is 0 Å². The number of hydrogen-bond acceptors (Lipinski definition) is 1. The molecule has 1 rings (SSSR count). The molecule has 1 heterocycles. The largest absolute Gasteiger partial charge is 0.373 e. The molecule has 1 unspecified atom stereocenters. The average Bonchev–Trinajstić information content (AvgIpc) is 2.63. The van der Waals surface area contributed by atoms with Gasteiger partial charge in [0, 0.05) is 0 Å². The van der Waals surface area contributed by atoms with Gasteiger partial charge in [0.15, 0.2) is 0 Å². The Bertz CT molecular complexity index is 112. The maximum atomic E-state index is 5.03. The van der Waals surface area contributed by atoms with E-state index in [0.717, 1.165) is 13.0 Å². The number of hydrogen-bond donors (Lipinski definition) is 0. The average molecular weight is 124 g/mol. The van der Waals surface area contributed by atoms with Crippen molar-refractivity contribution in [1.82, 2.24) is 0 Å². The standard InChI is InChI=1S/C8H12O/c1-2-3-4-5-6-8-7-9-8/h2-4,8H,1,5-7H2. The van der Waals surface area contributed by atoms with Crippen molar-refractivity contribution in [3.05, 3.63) is 24.8 Å². The molecule has 0 aromatic rings. The summed E-state index contributed by atoms with van der Waals surface area (Å²) in [5.41, 5.74) is 0. The lowest BCUT2D eigenvalue weighted by Gasteiger charge is -1.84. The first-order valence-electron chi connectivity index (χ1n) is 3.32. The molecule has 1 atom stereocenters. The van der Waals surface area contributed by atoms with Gasteiger partial charge in [-0.3, -0.25) is 0 Å². The van der Waals surface area contributed by atoms with Gasteiger partial charge in [0.25, 0.3) is 0 Å². The number of rotatable bonds is 4. The van der Waals surface area contributed by atoms with E-state index in [4.69, 9.17) is 4.74 Å². The summed E-state index contributed by atoms with van der Waals surface area (Å²) in [6.45, 7) is 4.55. The summed E-state index contributed by atoms with van der Waals surface area (Å²) < 4.78 is 5.03. The van der Waals surface area contributed by atoms with Crippen LogP contribution in [0.15, 0.2) is 24.8 Å². The predicted molar refractivity (Wildman–Crippen MR) is 38.3 cm³/mol. The summed E-state index contributed by atoms with van der Waals surface area (Å²) in [7, 11) is 0. The van der Waals surface area contributed by atoms with Gasteiger partial charge >= 0.3 is 0 Å². The van der Waals surface area contributed by atoms with Crippen molar-refractivity contribution in [1.29, 1.82) is 0 Å². The van der Waals surface area contributed by atoms with Crippen molar-refractivity contribution in [3.63, 3.8) is 0 Å². The third-order valence-corrected chi connectivity index (χ3v) is 1.33. The lowest BCUT2D eigenvalue weighted by atomic mass is 10.2. The highest BCUT2D eigenvalue weighted by atomic mass is 16.6. The quantitative estimate of drug-likeness (QED) is 0.412. The van der Waals surface area contributed by atoms with Crippen molar-refractivity contribution in [2.45, 2.75) is 18.9 Å². The Morgan fingerprint density at radius 2 is 2.44 bits per heavy atom. The van der Waals surface area contributed by atoms with Gasteiger partial charge in [0.2, 0.25) is 0 Å². The van der Waals surface area contributed by atoms with E-state index in [0.29, 0.717) is 6.10 Å². The molecule has 0 bridgehead atoms. The number of ether oxygens (including phenoxy) is 1. The topological polar surface area (TPSA) is 12.5 Å². The van der Waals surface area contributed by atoms with E-state index in [1.807, 2.05) is 6.08 Å². The summed E-state index contributed by atoms with van der Waals surface area (Å²) in [6.07, 6.45) is 8.76. The molecule has 0 aliphatic carbocycles. The fourth-order valence-electron chi connectivity index (χ4n) is 0.709. The molecule has 1 saturated heterocycles. The second kappa shape index (κ2) is 3.46. The maximum absolute atomic E-state index is 5.03. The molecule has 1 nitrogen and oxygen atoms in total. The van der Waals surface area contributed by atoms with Gasteiger partial charge in [0.05, 0.1) is 12.7 Å². The monoisotopic (exact) mass is 124 g/mol. The minimum atomic E-state index is 0.569. The molecule has 0 spiro atoms. The Labute approximate surface area is 56.0 Å². The highest BCUT2D eigenvalue weighted by Gasteiger charge is 2.20. The van der Waals surface area contributed by atoms with Crippen molar-refractivity contribution in [2.75, 3.05) is 6.61 Å². The maximum Gasteiger partial charge on any atom is 0.0812 e. The van der Waals surface area contributed by atoms with Gasteiger partial charge in [-0.25, -0.2) is 0 Å². The third-order valence-electron chi connectivity index (χ3n) is 1.33. The van der Waals surface area contributed by atoms with Gasteiger partial charge < -0.3 is 4.74 Å². The van der Waals surface area contributed by atoms with Crippen LogP contribution in [0.4, 0.5) is 0 Å². The molecule has 9 heavy (non-hydrogen) atoms. The first kappa shape index (κ1) is 6.56. The third kappa shape index (κ3) is 3.09. The Balaban J connectivity index is 1.91. The Morgan fingerprint density at radius 1 is 1.67 bits per heavy atom. The van der Waals surface area contributed by atoms with Crippen LogP contribution >= 0.6 is 0 Å². The van der Waals surface area contributed by atoms with Crippen molar-refractivity contribution in [3.8, 4) is 0 Å². The van der Waals surface area contributed by atoms with E-state index in [-0.39, 0.29) is 0 Å². The zero-order valence-corrected chi connectivity index (χ0v) is 5.55. The number of allylic oxidation sites excluding steroid dienone is 3. The Kier molecular flexibility index (Phi) is 2.52. The zero-order chi connectivity index (χ0) is 6.53. The van der Waals surface area contributed by atoms with E-state index in [2.05, 4.69) is 12.7 Å². The summed E-state index contributed by atoms with van der Waals surface area (Å²) >= 11 is 0. The van der Waals surface area contributed by atoms with E-state index >= 15 is 0 Å². The lowest BCUT2D eigenvalue weighted by Crippen LogP contribution is -1.80. The molecule has 0 saturated carbocycles. The lowest BCUT2D eigenvalue weighted by molar-refractivity contribution is 0.398. The minimum absolute atomic E-state index is 0.569. The molecule has 0 N–H and O–H groups in total. The van der Waals surface area contributed by atoms with Crippen LogP contribution in [0.3, 0.4) is 0 Å².